The van der Waals surface area contributed by atoms with Crippen LogP contribution in [0.2, 0.25) is 5.54 Å². The molecule has 2 nitrogen and oxygen atoms in total. The predicted octanol–water partition coefficient (Wildman–Crippen LogP) is 7.23. The SMILES string of the molecule is FC(F)(F)C1(C(F)(F)F)O[Si-]2(C3CCCCC3)(OC(C(F)(F)F)(C(F)(F)F)c3ccccc32)c2ccccc21. The Labute approximate surface area is 213 Å². The molecule has 15 heteroatoms. The summed E-state index contributed by atoms with van der Waals surface area (Å²) >= 11 is 0. The monoisotopic (exact) mass is 595 g/mol. The van der Waals surface area contributed by atoms with Gasteiger partial charge in [0.15, 0.2) is 0 Å². The molecular weight excluding hydrogens is 576 g/mol. The molecule has 1 spiro atoms. The first-order valence-electron chi connectivity index (χ1n) is 11.8. The molecule has 1 aliphatic carbocycles. The molecule has 0 amide bonds. The van der Waals surface area contributed by atoms with Gasteiger partial charge in [0.1, 0.15) is 0 Å². The van der Waals surface area contributed by atoms with Crippen LogP contribution in [0.1, 0.15) is 43.2 Å². The normalized spacial score (nSPS) is 25.1. The van der Waals surface area contributed by atoms with Crippen LogP contribution in [0.25, 0.3) is 0 Å². The van der Waals surface area contributed by atoms with E-state index >= 15 is 0 Å². The maximum atomic E-state index is 14.7. The van der Waals surface area contributed by atoms with Crippen molar-refractivity contribution in [2.24, 2.45) is 0 Å². The molecule has 0 atom stereocenters. The quantitative estimate of drug-likeness (QED) is 0.256. The molecular formula is C24H19F12O2Si-. The van der Waals surface area contributed by atoms with Gasteiger partial charge in [-0.2, -0.15) is 0 Å². The van der Waals surface area contributed by atoms with Gasteiger partial charge < -0.3 is 0 Å². The average Bonchev–Trinajstić information content (AvgIpc) is 3.29. The van der Waals surface area contributed by atoms with Crippen molar-refractivity contribution in [1.29, 1.82) is 0 Å². The molecule has 2 aromatic rings. The summed E-state index contributed by atoms with van der Waals surface area (Å²) in [6.07, 6.45) is -25.2. The zero-order valence-corrected chi connectivity index (χ0v) is 20.6. The molecule has 0 radical (unpaired) electrons. The average molecular weight is 595 g/mol. The first-order chi connectivity index (χ1) is 17.8. The summed E-state index contributed by atoms with van der Waals surface area (Å²) < 4.78 is 187. The van der Waals surface area contributed by atoms with Crippen LogP contribution in [0, 0.1) is 0 Å². The number of fused-ring (bicyclic) bond motifs is 4. The number of hydrogen-bond acceptors (Lipinski definition) is 2. The Hall–Kier alpha value is -2.26. The molecule has 0 bridgehead atoms. The van der Waals surface area contributed by atoms with Crippen LogP contribution in [0.15, 0.2) is 48.5 Å². The van der Waals surface area contributed by atoms with Crippen LogP contribution in [0.4, 0.5) is 52.7 Å². The Morgan fingerprint density at radius 3 is 1.21 bits per heavy atom. The molecule has 3 aliphatic rings. The van der Waals surface area contributed by atoms with E-state index in [1.165, 1.54) is 0 Å². The van der Waals surface area contributed by atoms with E-state index in [-0.39, 0.29) is 25.7 Å². The van der Waals surface area contributed by atoms with E-state index in [1.807, 2.05) is 0 Å². The number of rotatable bonds is 1. The van der Waals surface area contributed by atoms with Crippen LogP contribution in [-0.2, 0) is 20.1 Å². The Bertz CT molecular complexity index is 1170. The standard InChI is InChI=1S/C24H19F12O2Si/c25-21(26,27)19(22(28,29)30)15-10-4-6-12-17(15)39(37-19,14-8-2-1-3-9-14)18-13-7-5-11-16(18)20(38-39,23(31,32)33)24(34,35)36/h4-7,10-14H,1-3,8-9H2/q-1. The summed E-state index contributed by atoms with van der Waals surface area (Å²) in [4.78, 5) is 0. The molecule has 216 valence electrons. The third-order valence-electron chi connectivity index (χ3n) is 8.29. The molecule has 0 N–H and O–H groups in total. The maximum absolute atomic E-state index is 14.7. The molecule has 0 unspecified atom stereocenters. The van der Waals surface area contributed by atoms with Crippen LogP contribution < -0.4 is 10.4 Å². The van der Waals surface area contributed by atoms with E-state index in [2.05, 4.69) is 0 Å². The summed E-state index contributed by atoms with van der Waals surface area (Å²) in [5.74, 6) is 0. The fourth-order valence-electron chi connectivity index (χ4n) is 6.91. The predicted molar refractivity (Wildman–Crippen MR) is 114 cm³/mol. The third-order valence-corrected chi connectivity index (χ3v) is 14.7. The van der Waals surface area contributed by atoms with E-state index < -0.39 is 70.8 Å². The summed E-state index contributed by atoms with van der Waals surface area (Å²) in [6, 6.07) is 5.66. The topological polar surface area (TPSA) is 18.5 Å². The molecule has 0 aromatic heterocycles. The van der Waals surface area contributed by atoms with Crippen molar-refractivity contribution in [2.45, 2.75) is 73.6 Å². The first-order valence-corrected chi connectivity index (χ1v) is 14.2. The number of hydrogen-bond donors (Lipinski definition) is 0. The second-order valence-electron chi connectivity index (χ2n) is 10.1. The minimum atomic E-state index is -6.98. The van der Waals surface area contributed by atoms with Gasteiger partial charge in [0.05, 0.1) is 0 Å². The fraction of sp³-hybridized carbons (Fsp3) is 0.500. The van der Waals surface area contributed by atoms with Crippen molar-refractivity contribution >= 4 is 18.2 Å². The zero-order chi connectivity index (χ0) is 28.9. The van der Waals surface area contributed by atoms with Gasteiger partial charge in [-0.05, 0) is 0 Å². The molecule has 2 aliphatic heterocycles. The summed E-state index contributed by atoms with van der Waals surface area (Å²) in [6.45, 7) is 0. The molecule has 2 aromatic carbocycles. The van der Waals surface area contributed by atoms with E-state index in [1.54, 1.807) is 0 Å². The van der Waals surface area contributed by atoms with Gasteiger partial charge in [-0.1, -0.05) is 0 Å². The minimum absolute atomic E-state index is 0.126. The van der Waals surface area contributed by atoms with Crippen molar-refractivity contribution < 1.29 is 61.5 Å². The number of halogens is 12. The number of benzene rings is 2. The van der Waals surface area contributed by atoms with Crippen molar-refractivity contribution in [1.82, 2.24) is 0 Å². The fourth-order valence-corrected chi connectivity index (χ4v) is 14.6. The van der Waals surface area contributed by atoms with Crippen LogP contribution in [-0.4, -0.2) is 32.5 Å². The van der Waals surface area contributed by atoms with Crippen molar-refractivity contribution in [3.8, 4) is 0 Å². The van der Waals surface area contributed by atoms with Gasteiger partial charge in [-0.3, -0.25) is 0 Å². The van der Waals surface area contributed by atoms with Crippen molar-refractivity contribution in [3.05, 3.63) is 59.7 Å². The van der Waals surface area contributed by atoms with E-state index in [4.69, 9.17) is 8.85 Å². The Balaban J connectivity index is 2.04. The van der Waals surface area contributed by atoms with Crippen LogP contribution >= 0.6 is 0 Å². The van der Waals surface area contributed by atoms with Gasteiger partial charge in [0.2, 0.25) is 0 Å². The van der Waals surface area contributed by atoms with Crippen LogP contribution in [0.5, 0.6) is 0 Å². The van der Waals surface area contributed by atoms with Crippen LogP contribution in [0.3, 0.4) is 0 Å². The molecule has 2 heterocycles. The Kier molecular flexibility index (Phi) is 5.75. The van der Waals surface area contributed by atoms with Crippen molar-refractivity contribution in [3.63, 3.8) is 0 Å². The van der Waals surface area contributed by atoms with E-state index in [0.717, 1.165) is 24.3 Å². The summed E-state index contributed by atoms with van der Waals surface area (Å²) in [7, 11) is -6.98. The zero-order valence-electron chi connectivity index (χ0n) is 19.6. The van der Waals surface area contributed by atoms with Crippen molar-refractivity contribution in [2.75, 3.05) is 0 Å². The summed E-state index contributed by atoms with van der Waals surface area (Å²) in [5.41, 5.74) is -15.3. The molecule has 0 saturated heterocycles. The van der Waals surface area contributed by atoms with E-state index in [0.29, 0.717) is 30.7 Å². The second kappa shape index (κ2) is 7.93. The first kappa shape index (κ1) is 28.3. The van der Waals surface area contributed by atoms with Gasteiger partial charge in [-0.25, -0.2) is 0 Å². The number of alkyl halides is 12. The van der Waals surface area contributed by atoms with Gasteiger partial charge in [0, 0.05) is 0 Å². The second-order valence-corrected chi connectivity index (χ2v) is 14.7. The molecule has 1 saturated carbocycles. The molecule has 5 rings (SSSR count). The third kappa shape index (κ3) is 3.14. The van der Waals surface area contributed by atoms with Gasteiger partial charge in [-0.15, -0.1) is 0 Å². The van der Waals surface area contributed by atoms with E-state index in [9.17, 15) is 52.7 Å². The van der Waals surface area contributed by atoms with Gasteiger partial charge >= 0.3 is 213 Å². The Morgan fingerprint density at radius 1 is 0.538 bits per heavy atom. The molecule has 39 heavy (non-hydrogen) atoms. The summed E-state index contributed by atoms with van der Waals surface area (Å²) in [5, 5.41) is -2.08. The Morgan fingerprint density at radius 2 is 0.872 bits per heavy atom. The van der Waals surface area contributed by atoms with Gasteiger partial charge in [0.25, 0.3) is 0 Å². The molecule has 1 fully saturated rings.